The number of fused-ring (bicyclic) bond motifs is 17. The van der Waals surface area contributed by atoms with Gasteiger partial charge in [0.25, 0.3) is 0 Å². The van der Waals surface area contributed by atoms with Gasteiger partial charge in [-0.25, -0.2) is 0 Å². The van der Waals surface area contributed by atoms with Crippen LogP contribution in [0.15, 0.2) is 0 Å². The topological polar surface area (TPSA) is 281 Å². The van der Waals surface area contributed by atoms with Crippen molar-refractivity contribution >= 4 is 59.7 Å². The summed E-state index contributed by atoms with van der Waals surface area (Å²) in [6.07, 6.45) is 8.27. The zero-order valence-corrected chi connectivity index (χ0v) is 61.5. The van der Waals surface area contributed by atoms with Gasteiger partial charge in [0.15, 0.2) is 11.7 Å². The van der Waals surface area contributed by atoms with Crippen molar-refractivity contribution in [3.05, 3.63) is 0 Å². The third-order valence-electron chi connectivity index (χ3n) is 28.0. The molecule has 0 amide bonds. The molecule has 0 aromatic carbocycles. The van der Waals surface area contributed by atoms with Gasteiger partial charge in [-0.15, -0.1) is 0 Å². The van der Waals surface area contributed by atoms with E-state index >= 15 is 0 Å². The quantitative estimate of drug-likeness (QED) is 0.103. The van der Waals surface area contributed by atoms with E-state index in [0.717, 1.165) is 64.2 Å². The number of esters is 10. The van der Waals surface area contributed by atoms with Gasteiger partial charge in [-0.2, -0.15) is 0 Å². The molecule has 0 spiro atoms. The van der Waals surface area contributed by atoms with Crippen molar-refractivity contribution < 1.29 is 105 Å². The fourth-order valence-electron chi connectivity index (χ4n) is 19.2. The van der Waals surface area contributed by atoms with Crippen molar-refractivity contribution in [3.63, 3.8) is 0 Å². The van der Waals surface area contributed by atoms with Crippen LogP contribution in [0.2, 0.25) is 0 Å². The number of rotatable bonds is 16. The summed E-state index contributed by atoms with van der Waals surface area (Å²) in [7, 11) is 1.63. The van der Waals surface area contributed by atoms with Crippen LogP contribution in [-0.2, 0) is 105 Å². The largest absolute Gasteiger partial charge is 0.465 e. The first-order valence-corrected chi connectivity index (χ1v) is 37.0. The molecule has 0 aromatic rings. The van der Waals surface area contributed by atoms with Crippen LogP contribution < -0.4 is 0 Å². The fourth-order valence-corrected chi connectivity index (χ4v) is 19.2. The number of hydrogen-bond acceptors (Lipinski definition) is 22. The average molecular weight is 1380 g/mol. The minimum absolute atomic E-state index is 0.000856. The molecule has 22 heteroatoms. The lowest BCUT2D eigenvalue weighted by atomic mass is 9.74. The fraction of sp³-hybridized carbons (Fsp3) is 0.868. The Balaban J connectivity index is 0.000000124. The normalized spacial score (nSPS) is 42.1. The van der Waals surface area contributed by atoms with E-state index in [9.17, 15) is 47.9 Å². The summed E-state index contributed by atoms with van der Waals surface area (Å²) < 4.78 is 66.8. The molecule has 0 aromatic heterocycles. The number of methoxy groups -OCH3 is 1. The van der Waals surface area contributed by atoms with Gasteiger partial charge >= 0.3 is 59.7 Å². The Morgan fingerprint density at radius 2 is 0.867 bits per heavy atom. The van der Waals surface area contributed by atoms with E-state index in [4.69, 9.17) is 56.8 Å². The zero-order chi connectivity index (χ0) is 71.8. The van der Waals surface area contributed by atoms with Crippen LogP contribution in [0.25, 0.3) is 0 Å². The standard InChI is InChI=1S/C16H24O5.C16H24O4.2C15H22O4.C14H20O5/c1-5-16(2,3)15(18)21-13-8-6-9(12(13)19-4)11-10(8)7-20-14(11)17;1-5-16(3,4)15(18)20-13-8(2)9-6-10(13)11-7-19-14(17)12(9)11;1-5-14(2,3)13(17)19-15(4)8-6-9-10(7-8)12(16)18-11(9)15;1-4-15(2,3)14(17)19-11-6-8-5-9(11)10-7-18-13(16)12(8)10;1-5-13(2,3)12(16)19-14(4)8-6-7-9(17-8)10(14)18-11(7)15/h8-13H,5-7H2,1-4H3;8-13H,5-7H2,1-4H3;8-11H,5-7H2,1-4H3;8-12H,4-7H2,1-3H3;7-10H,5-6H2,1-4H3. The molecule has 15 fully saturated rings. The predicted molar refractivity (Wildman–Crippen MR) is 348 cm³/mol. The highest BCUT2D eigenvalue weighted by Gasteiger charge is 2.73. The van der Waals surface area contributed by atoms with Crippen LogP contribution in [0.4, 0.5) is 0 Å². The summed E-state index contributed by atoms with van der Waals surface area (Å²) >= 11 is 0. The highest BCUT2D eigenvalue weighted by atomic mass is 16.7. The van der Waals surface area contributed by atoms with Crippen LogP contribution in [0.1, 0.15) is 202 Å². The van der Waals surface area contributed by atoms with Crippen molar-refractivity contribution in [2.75, 3.05) is 26.9 Å². The minimum atomic E-state index is -0.836. The SMILES string of the molecule is CCC(C)(C)C(=O)OC1(C)C2CC3C(=O)OC1C3C2.CCC(C)(C)C(=O)OC1(C)C2CC3C(=O)OC1C3O2.CCC(C)(C)C(=O)OC1C(C)C2CC1C1COC(=O)C21.CCC(C)(C)C(=O)OC1C2CC(C1OC)C1C(=O)OCC21.CCC(C)(C)C(=O)OC1CC2CC1C1COC(=O)C21. The molecule has 8 saturated carbocycles. The molecular weight excluding hydrogens is 1260 g/mol. The number of cyclic esters (lactones) is 3. The molecular formula is C76H112O22. The number of carbonyl (C=O) groups excluding carboxylic acids is 10. The van der Waals surface area contributed by atoms with Gasteiger partial charge in [0.05, 0.1) is 82.6 Å². The lowest BCUT2D eigenvalue weighted by Crippen LogP contribution is -2.52. The maximum atomic E-state index is 12.4. The molecule has 15 aliphatic rings. The van der Waals surface area contributed by atoms with Gasteiger partial charge in [0, 0.05) is 60.4 Å². The lowest BCUT2D eigenvalue weighted by Gasteiger charge is -2.38. The third kappa shape index (κ3) is 12.4. The first-order chi connectivity index (χ1) is 45.8. The smallest absolute Gasteiger partial charge is 0.312 e. The lowest BCUT2D eigenvalue weighted by molar-refractivity contribution is -0.188. The highest BCUT2D eigenvalue weighted by Crippen LogP contribution is 2.63. The predicted octanol–water partition coefficient (Wildman–Crippen LogP) is 10.1. The van der Waals surface area contributed by atoms with E-state index in [1.54, 1.807) is 7.11 Å². The summed E-state index contributed by atoms with van der Waals surface area (Å²) in [5.74, 6) is 1.89. The summed E-state index contributed by atoms with van der Waals surface area (Å²) in [5, 5.41) is 0. The van der Waals surface area contributed by atoms with E-state index in [1.807, 2.05) is 118 Å². The molecule has 8 aliphatic carbocycles. The molecule has 548 valence electrons. The molecule has 27 unspecified atom stereocenters. The van der Waals surface area contributed by atoms with Crippen molar-refractivity contribution in [2.24, 2.45) is 128 Å². The molecule has 27 atom stereocenters. The molecule has 10 bridgehead atoms. The molecule has 15 rings (SSSR count). The van der Waals surface area contributed by atoms with E-state index in [1.165, 1.54) is 0 Å². The second kappa shape index (κ2) is 26.5. The van der Waals surface area contributed by atoms with Crippen LogP contribution >= 0.6 is 0 Å². The van der Waals surface area contributed by atoms with E-state index in [-0.39, 0.29) is 179 Å². The van der Waals surface area contributed by atoms with Crippen molar-refractivity contribution in [2.45, 2.75) is 262 Å². The Bertz CT molecular complexity index is 3060. The molecule has 22 nitrogen and oxygen atoms in total. The monoisotopic (exact) mass is 1380 g/mol. The zero-order valence-electron chi connectivity index (χ0n) is 61.5. The summed E-state index contributed by atoms with van der Waals surface area (Å²) in [6, 6.07) is 0. The van der Waals surface area contributed by atoms with E-state index < -0.39 is 44.4 Å². The van der Waals surface area contributed by atoms with Gasteiger partial charge < -0.3 is 56.8 Å². The maximum absolute atomic E-state index is 12.4. The molecule has 7 aliphatic heterocycles. The number of hydrogen-bond donors (Lipinski definition) is 0. The Hall–Kier alpha value is -5.38. The summed E-state index contributed by atoms with van der Waals surface area (Å²) in [6.45, 7) is 36.3. The average Bonchev–Trinajstić information content (AvgIpc) is 1.56. The van der Waals surface area contributed by atoms with Crippen LogP contribution in [0, 0.1) is 128 Å². The molecule has 0 N–H and O–H groups in total. The number of ether oxygens (including phenoxy) is 12. The Morgan fingerprint density at radius 3 is 1.40 bits per heavy atom. The Kier molecular flexibility index (Phi) is 19.9. The van der Waals surface area contributed by atoms with E-state index in [0.29, 0.717) is 56.3 Å². The maximum Gasteiger partial charge on any atom is 0.312 e. The van der Waals surface area contributed by atoms with Crippen molar-refractivity contribution in [3.8, 4) is 0 Å². The first kappa shape index (κ1) is 73.8. The van der Waals surface area contributed by atoms with Gasteiger partial charge in [0.2, 0.25) is 0 Å². The molecule has 98 heavy (non-hydrogen) atoms. The second-order valence-corrected chi connectivity index (χ2v) is 35.1. The van der Waals surface area contributed by atoms with Crippen LogP contribution in [0.3, 0.4) is 0 Å². The minimum Gasteiger partial charge on any atom is -0.465 e. The van der Waals surface area contributed by atoms with Gasteiger partial charge in [0.1, 0.15) is 42.2 Å². The second-order valence-electron chi connectivity index (χ2n) is 35.1. The Morgan fingerprint density at radius 1 is 0.429 bits per heavy atom. The first-order valence-electron chi connectivity index (χ1n) is 37.0. The highest BCUT2D eigenvalue weighted by molar-refractivity contribution is 5.82. The van der Waals surface area contributed by atoms with Gasteiger partial charge in [-0.3, -0.25) is 47.9 Å². The Labute approximate surface area is 578 Å². The summed E-state index contributed by atoms with van der Waals surface area (Å²) in [5.41, 5.74) is -3.79. The van der Waals surface area contributed by atoms with Gasteiger partial charge in [-0.05, 0) is 178 Å². The molecule has 7 saturated heterocycles. The van der Waals surface area contributed by atoms with Crippen molar-refractivity contribution in [1.29, 1.82) is 0 Å². The van der Waals surface area contributed by atoms with Crippen molar-refractivity contribution in [1.82, 2.24) is 0 Å². The molecule has 0 radical (unpaired) electrons. The van der Waals surface area contributed by atoms with Crippen LogP contribution in [0.5, 0.6) is 0 Å². The molecule has 7 heterocycles. The third-order valence-corrected chi connectivity index (χ3v) is 28.0. The van der Waals surface area contributed by atoms with Gasteiger partial charge in [-0.1, -0.05) is 41.5 Å². The summed E-state index contributed by atoms with van der Waals surface area (Å²) in [4.78, 5) is 120. The van der Waals surface area contributed by atoms with E-state index in [2.05, 4.69) is 6.92 Å². The van der Waals surface area contributed by atoms with Crippen LogP contribution in [-0.4, -0.2) is 147 Å². The number of carbonyl (C=O) groups is 10.